The van der Waals surface area contributed by atoms with Gasteiger partial charge in [0.05, 0.1) is 5.69 Å². The average Bonchev–Trinajstić information content (AvgIpc) is 2.84. The van der Waals surface area contributed by atoms with Crippen LogP contribution in [0.25, 0.3) is 11.0 Å². The van der Waals surface area contributed by atoms with Crippen molar-refractivity contribution in [1.29, 1.82) is 0 Å². The van der Waals surface area contributed by atoms with Crippen LogP contribution in [0.4, 0.5) is 5.69 Å². The van der Waals surface area contributed by atoms with Crippen molar-refractivity contribution in [2.75, 3.05) is 5.32 Å². The number of rotatable bonds is 3. The summed E-state index contributed by atoms with van der Waals surface area (Å²) in [5.41, 5.74) is 1.93. The average molecular weight is 293 g/mol. The molecule has 0 aliphatic carbocycles. The zero-order valence-electron chi connectivity index (χ0n) is 13.0. The van der Waals surface area contributed by atoms with Crippen LogP contribution in [0.3, 0.4) is 0 Å². The van der Waals surface area contributed by atoms with Gasteiger partial charge in [0.25, 0.3) is 0 Å². The first-order valence-corrected chi connectivity index (χ1v) is 7.35. The number of carbonyl (C=O) groups is 1. The van der Waals surface area contributed by atoms with Gasteiger partial charge in [0.1, 0.15) is 5.58 Å². The molecule has 3 aromatic rings. The lowest BCUT2D eigenvalue weighted by atomic mass is 10.0. The van der Waals surface area contributed by atoms with E-state index in [1.807, 2.05) is 42.5 Å². The summed E-state index contributed by atoms with van der Waals surface area (Å²) in [5, 5.41) is 4.34. The van der Waals surface area contributed by atoms with Crippen LogP contribution in [0.2, 0.25) is 0 Å². The molecule has 3 nitrogen and oxygen atoms in total. The smallest absolute Gasteiger partial charge is 0.230 e. The van der Waals surface area contributed by atoms with E-state index in [0.29, 0.717) is 16.9 Å². The van der Waals surface area contributed by atoms with E-state index in [1.165, 1.54) is 0 Å². The van der Waals surface area contributed by atoms with Crippen LogP contribution < -0.4 is 5.32 Å². The highest BCUT2D eigenvalue weighted by Gasteiger charge is 2.24. The van der Waals surface area contributed by atoms with Gasteiger partial charge in [-0.15, -0.1) is 0 Å². The molecule has 1 N–H and O–H groups in total. The Hall–Kier alpha value is -2.55. The van der Waals surface area contributed by atoms with E-state index in [2.05, 4.69) is 26.1 Å². The third-order valence-electron chi connectivity index (χ3n) is 3.34. The largest absolute Gasteiger partial charge is 0.450 e. The summed E-state index contributed by atoms with van der Waals surface area (Å²) in [5.74, 6) is 0.255. The van der Waals surface area contributed by atoms with Crippen LogP contribution in [-0.2, 0) is 0 Å². The van der Waals surface area contributed by atoms with Crippen LogP contribution in [0.15, 0.2) is 59.0 Å². The normalized spacial score (nSPS) is 11.6. The Kier molecular flexibility index (Phi) is 3.49. The van der Waals surface area contributed by atoms with Gasteiger partial charge in [0.2, 0.25) is 5.78 Å². The minimum absolute atomic E-state index is 0.108. The summed E-state index contributed by atoms with van der Waals surface area (Å²) in [7, 11) is 0. The molecule has 112 valence electrons. The van der Waals surface area contributed by atoms with Gasteiger partial charge < -0.3 is 9.73 Å². The Morgan fingerprint density at radius 2 is 1.59 bits per heavy atom. The second-order valence-electron chi connectivity index (χ2n) is 6.37. The Bertz CT molecular complexity index is 810. The molecule has 0 spiro atoms. The van der Waals surface area contributed by atoms with E-state index >= 15 is 0 Å². The highest BCUT2D eigenvalue weighted by molar-refractivity contribution is 6.14. The van der Waals surface area contributed by atoms with E-state index in [1.54, 1.807) is 12.1 Å². The Morgan fingerprint density at radius 3 is 2.27 bits per heavy atom. The summed E-state index contributed by atoms with van der Waals surface area (Å²) in [6.45, 7) is 6.18. The van der Waals surface area contributed by atoms with Crippen molar-refractivity contribution in [3.8, 4) is 0 Å². The number of benzene rings is 2. The molecule has 0 atom stereocenters. The molecule has 0 radical (unpaired) electrons. The molecule has 0 saturated heterocycles. The van der Waals surface area contributed by atoms with Crippen molar-refractivity contribution in [1.82, 2.24) is 0 Å². The number of ketones is 1. The predicted molar refractivity (Wildman–Crippen MR) is 89.5 cm³/mol. The van der Waals surface area contributed by atoms with Crippen LogP contribution in [0.1, 0.15) is 36.9 Å². The number of carbonyl (C=O) groups excluding carboxylic acids is 1. The minimum atomic E-state index is -0.168. The topological polar surface area (TPSA) is 42.2 Å². The quantitative estimate of drug-likeness (QED) is 0.700. The second kappa shape index (κ2) is 5.34. The van der Waals surface area contributed by atoms with Gasteiger partial charge in [-0.25, -0.2) is 0 Å². The number of hydrogen-bond acceptors (Lipinski definition) is 3. The Morgan fingerprint density at radius 1 is 0.955 bits per heavy atom. The third-order valence-corrected chi connectivity index (χ3v) is 3.34. The lowest BCUT2D eigenvalue weighted by Gasteiger charge is -2.22. The zero-order chi connectivity index (χ0) is 15.7. The summed E-state index contributed by atoms with van der Waals surface area (Å²) in [4.78, 5) is 12.8. The van der Waals surface area contributed by atoms with Crippen LogP contribution >= 0.6 is 0 Å². The summed E-state index contributed by atoms with van der Waals surface area (Å²) < 4.78 is 5.85. The van der Waals surface area contributed by atoms with Crippen molar-refractivity contribution in [2.45, 2.75) is 26.3 Å². The molecular weight excluding hydrogens is 274 g/mol. The van der Waals surface area contributed by atoms with E-state index in [9.17, 15) is 4.79 Å². The fraction of sp³-hybridized carbons (Fsp3) is 0.211. The Balaban J connectivity index is 2.16. The van der Waals surface area contributed by atoms with E-state index in [-0.39, 0.29) is 11.3 Å². The van der Waals surface area contributed by atoms with Gasteiger partial charge in [-0.05, 0) is 32.9 Å². The van der Waals surface area contributed by atoms with Crippen LogP contribution in [0, 0.1) is 0 Å². The van der Waals surface area contributed by atoms with Gasteiger partial charge in [0.15, 0.2) is 5.76 Å². The molecular formula is C19H19NO2. The first-order chi connectivity index (χ1) is 10.5. The molecule has 0 aliphatic heterocycles. The van der Waals surface area contributed by atoms with Crippen molar-refractivity contribution < 1.29 is 9.21 Å². The third kappa shape index (κ3) is 2.75. The first-order valence-electron chi connectivity index (χ1n) is 7.35. The van der Waals surface area contributed by atoms with Crippen molar-refractivity contribution in [2.24, 2.45) is 0 Å². The number of para-hydroxylation sites is 1. The number of furan rings is 1. The van der Waals surface area contributed by atoms with E-state index in [4.69, 9.17) is 4.42 Å². The molecule has 2 aromatic carbocycles. The lowest BCUT2D eigenvalue weighted by molar-refractivity contribution is 0.101. The van der Waals surface area contributed by atoms with E-state index in [0.717, 1.165) is 11.1 Å². The van der Waals surface area contributed by atoms with Crippen molar-refractivity contribution >= 4 is 22.4 Å². The molecule has 0 bridgehead atoms. The van der Waals surface area contributed by atoms with E-state index < -0.39 is 0 Å². The first kappa shape index (κ1) is 14.4. The maximum absolute atomic E-state index is 12.8. The minimum Gasteiger partial charge on any atom is -0.450 e. The molecule has 0 saturated carbocycles. The molecule has 0 fully saturated rings. The van der Waals surface area contributed by atoms with Gasteiger partial charge in [-0.3, -0.25) is 4.79 Å². The molecule has 22 heavy (non-hydrogen) atoms. The van der Waals surface area contributed by atoms with Crippen molar-refractivity contribution in [3.05, 3.63) is 65.9 Å². The predicted octanol–water partition coefficient (Wildman–Crippen LogP) is 4.87. The maximum atomic E-state index is 12.8. The van der Waals surface area contributed by atoms with Gasteiger partial charge >= 0.3 is 0 Å². The molecule has 3 heteroatoms. The maximum Gasteiger partial charge on any atom is 0.230 e. The standard InChI is InChI=1S/C19H19NO2/c1-19(2,3)20-16-14-11-7-8-12-15(14)22-18(16)17(21)13-9-5-4-6-10-13/h4-12,20H,1-3H3. The Labute approximate surface area is 130 Å². The van der Waals surface area contributed by atoms with Crippen molar-refractivity contribution in [3.63, 3.8) is 0 Å². The van der Waals surface area contributed by atoms with Gasteiger partial charge in [-0.1, -0.05) is 42.5 Å². The molecule has 3 rings (SSSR count). The molecule has 1 heterocycles. The summed E-state index contributed by atoms with van der Waals surface area (Å²) >= 11 is 0. The zero-order valence-corrected chi connectivity index (χ0v) is 13.0. The molecule has 1 aromatic heterocycles. The number of fused-ring (bicyclic) bond motifs is 1. The highest BCUT2D eigenvalue weighted by Crippen LogP contribution is 2.34. The summed E-state index contributed by atoms with van der Waals surface area (Å²) in [6.07, 6.45) is 0. The van der Waals surface area contributed by atoms with Gasteiger partial charge in [0, 0.05) is 16.5 Å². The summed E-state index contributed by atoms with van der Waals surface area (Å²) in [6, 6.07) is 16.9. The number of nitrogens with one attached hydrogen (secondary N) is 1. The van der Waals surface area contributed by atoms with Gasteiger partial charge in [-0.2, -0.15) is 0 Å². The SMILES string of the molecule is CC(C)(C)Nc1c(C(=O)c2ccccc2)oc2ccccc12. The number of anilines is 1. The molecule has 0 unspecified atom stereocenters. The fourth-order valence-corrected chi connectivity index (χ4v) is 2.43. The fourth-order valence-electron chi connectivity index (χ4n) is 2.43. The number of hydrogen-bond donors (Lipinski definition) is 1. The van der Waals surface area contributed by atoms with Crippen LogP contribution in [-0.4, -0.2) is 11.3 Å². The second-order valence-corrected chi connectivity index (χ2v) is 6.37. The molecule has 0 aliphatic rings. The lowest BCUT2D eigenvalue weighted by Crippen LogP contribution is -2.27. The van der Waals surface area contributed by atoms with Crippen LogP contribution in [0.5, 0.6) is 0 Å². The monoisotopic (exact) mass is 293 g/mol. The highest BCUT2D eigenvalue weighted by atomic mass is 16.3. The molecule has 0 amide bonds.